The number of aryl methyl sites for hydroxylation is 2. The Morgan fingerprint density at radius 1 is 1.21 bits per heavy atom. The maximum atomic E-state index is 12.0. The van der Waals surface area contributed by atoms with Crippen molar-refractivity contribution in [2.24, 2.45) is 0 Å². The Morgan fingerprint density at radius 2 is 1.93 bits per heavy atom. The zero-order chi connectivity index (χ0) is 19.7. The van der Waals surface area contributed by atoms with E-state index in [1.807, 2.05) is 6.07 Å². The number of carbonyl (C=O) groups excluding carboxylic acids is 1. The molecule has 2 aromatic rings. The summed E-state index contributed by atoms with van der Waals surface area (Å²) in [6, 6.07) is 6.63. The number of amides is 1. The molecule has 3 N–H and O–H groups in total. The molecule has 4 rings (SSSR count). The molecular formula is C20H29N5O2S+2. The number of hydrogen-bond acceptors (Lipinski definition) is 4. The van der Waals surface area contributed by atoms with Crippen LogP contribution < -0.4 is 15.1 Å². The van der Waals surface area contributed by atoms with Gasteiger partial charge in [0.2, 0.25) is 5.89 Å². The molecule has 1 aromatic heterocycles. The van der Waals surface area contributed by atoms with Gasteiger partial charge in [-0.05, 0) is 62.2 Å². The van der Waals surface area contributed by atoms with Gasteiger partial charge in [-0.25, -0.2) is 0 Å². The summed E-state index contributed by atoms with van der Waals surface area (Å²) >= 11 is 5.39. The van der Waals surface area contributed by atoms with E-state index >= 15 is 0 Å². The number of carbonyl (C=O) groups is 1. The van der Waals surface area contributed by atoms with E-state index in [1.54, 1.807) is 4.68 Å². The second-order valence-electron chi connectivity index (χ2n) is 8.15. The van der Waals surface area contributed by atoms with Crippen molar-refractivity contribution in [2.75, 3.05) is 32.7 Å². The predicted molar refractivity (Wildman–Crippen MR) is 108 cm³/mol. The van der Waals surface area contributed by atoms with Gasteiger partial charge >= 0.3 is 0 Å². The molecule has 150 valence electrons. The molecule has 8 heteroatoms. The van der Waals surface area contributed by atoms with Gasteiger partial charge in [-0.2, -0.15) is 4.68 Å². The fourth-order valence-corrected chi connectivity index (χ4v) is 3.82. The molecule has 28 heavy (non-hydrogen) atoms. The van der Waals surface area contributed by atoms with Gasteiger partial charge in [-0.3, -0.25) is 4.79 Å². The maximum absolute atomic E-state index is 12.0. The van der Waals surface area contributed by atoms with Crippen molar-refractivity contribution in [3.05, 3.63) is 34.2 Å². The van der Waals surface area contributed by atoms with E-state index in [0.717, 1.165) is 44.6 Å². The number of quaternary nitrogens is 2. The lowest BCUT2D eigenvalue weighted by Crippen LogP contribution is -3.28. The summed E-state index contributed by atoms with van der Waals surface area (Å²) in [4.78, 5) is 15.2. The zero-order valence-electron chi connectivity index (χ0n) is 16.6. The molecule has 0 radical (unpaired) electrons. The largest absolute Gasteiger partial charge is 0.409 e. The zero-order valence-corrected chi connectivity index (χ0v) is 17.4. The fraction of sp³-hybridized carbons (Fsp3) is 0.550. The molecule has 0 atom stereocenters. The molecule has 1 saturated heterocycles. The Hall–Kier alpha value is -2.03. The van der Waals surface area contributed by atoms with Crippen LogP contribution in [0.3, 0.4) is 0 Å². The highest BCUT2D eigenvalue weighted by atomic mass is 32.1. The van der Waals surface area contributed by atoms with Crippen molar-refractivity contribution in [1.82, 2.24) is 15.1 Å². The van der Waals surface area contributed by atoms with E-state index in [1.165, 1.54) is 20.9 Å². The molecule has 1 aromatic carbocycles. The molecule has 2 fully saturated rings. The van der Waals surface area contributed by atoms with Crippen LogP contribution >= 0.6 is 12.2 Å². The molecule has 0 spiro atoms. The second-order valence-corrected chi connectivity index (χ2v) is 8.50. The van der Waals surface area contributed by atoms with Gasteiger partial charge < -0.3 is 19.5 Å². The first-order chi connectivity index (χ1) is 13.5. The molecule has 1 aliphatic carbocycles. The van der Waals surface area contributed by atoms with E-state index in [9.17, 15) is 4.79 Å². The number of hydrogen-bond donors (Lipinski definition) is 3. The summed E-state index contributed by atoms with van der Waals surface area (Å²) in [6.45, 7) is 9.44. The fourth-order valence-electron chi connectivity index (χ4n) is 3.63. The first-order valence-corrected chi connectivity index (χ1v) is 10.5. The van der Waals surface area contributed by atoms with Gasteiger partial charge in [0.05, 0.1) is 0 Å². The Balaban J connectivity index is 1.32. The Kier molecular flexibility index (Phi) is 5.61. The average molecular weight is 404 g/mol. The Labute approximate surface area is 170 Å². The first kappa shape index (κ1) is 19.3. The number of nitrogens with zero attached hydrogens (tertiary/aromatic N) is 2. The SMILES string of the molecule is Cc1ccc(-c2nn(C[NH+]3CC[NH+](CC(=O)NC4CC4)CC3)c(=S)o2)cc1C. The standard InChI is InChI=1S/C20H27N5O2S/c1-14-3-4-16(11-15(14)2)19-22-25(20(28)27-19)13-24-9-7-23(8-10-24)12-18(26)21-17-5-6-17/h3-4,11,17H,5-10,12-13H2,1-2H3,(H,21,26)/p+2. The lowest BCUT2D eigenvalue weighted by atomic mass is 10.1. The highest BCUT2D eigenvalue weighted by Gasteiger charge is 2.28. The van der Waals surface area contributed by atoms with Gasteiger partial charge in [0.1, 0.15) is 26.2 Å². The van der Waals surface area contributed by atoms with E-state index in [2.05, 4.69) is 36.4 Å². The number of nitrogens with one attached hydrogen (secondary N) is 3. The number of piperazine rings is 1. The molecule has 1 aliphatic heterocycles. The van der Waals surface area contributed by atoms with Crippen LogP contribution in [0.1, 0.15) is 24.0 Å². The smallest absolute Gasteiger partial charge is 0.292 e. The van der Waals surface area contributed by atoms with Crippen molar-refractivity contribution in [3.63, 3.8) is 0 Å². The van der Waals surface area contributed by atoms with E-state index in [4.69, 9.17) is 16.6 Å². The molecule has 0 bridgehead atoms. The monoisotopic (exact) mass is 403 g/mol. The van der Waals surface area contributed by atoms with Crippen molar-refractivity contribution in [3.8, 4) is 11.5 Å². The van der Waals surface area contributed by atoms with Crippen LogP contribution in [0.15, 0.2) is 22.6 Å². The molecule has 2 heterocycles. The second kappa shape index (κ2) is 8.14. The third-order valence-corrected chi connectivity index (χ3v) is 6.04. The number of aromatic nitrogens is 2. The molecule has 1 saturated carbocycles. The van der Waals surface area contributed by atoms with Crippen LogP contribution in [0.5, 0.6) is 0 Å². The topological polar surface area (TPSA) is 68.9 Å². The number of rotatable bonds is 6. The summed E-state index contributed by atoms with van der Waals surface area (Å²) in [5.41, 5.74) is 3.42. The summed E-state index contributed by atoms with van der Waals surface area (Å²) in [7, 11) is 0. The summed E-state index contributed by atoms with van der Waals surface area (Å²) in [5.74, 6) is 0.770. The van der Waals surface area contributed by atoms with Crippen molar-refractivity contribution in [1.29, 1.82) is 0 Å². The summed E-state index contributed by atoms with van der Waals surface area (Å²) in [5, 5.41) is 7.68. The molecule has 1 amide bonds. The average Bonchev–Trinajstić information content (AvgIpc) is 3.40. The van der Waals surface area contributed by atoms with Gasteiger partial charge in [-0.1, -0.05) is 6.07 Å². The molecule has 7 nitrogen and oxygen atoms in total. The third kappa shape index (κ3) is 4.68. The van der Waals surface area contributed by atoms with Gasteiger partial charge in [-0.15, -0.1) is 5.10 Å². The minimum atomic E-state index is 0.192. The molecular weight excluding hydrogens is 374 g/mol. The minimum Gasteiger partial charge on any atom is -0.409 e. The third-order valence-electron chi connectivity index (χ3n) is 5.75. The lowest BCUT2D eigenvalue weighted by molar-refractivity contribution is -1.02. The Morgan fingerprint density at radius 3 is 2.61 bits per heavy atom. The van der Waals surface area contributed by atoms with Crippen molar-refractivity contribution >= 4 is 18.1 Å². The van der Waals surface area contributed by atoms with Gasteiger partial charge in [0.15, 0.2) is 13.2 Å². The van der Waals surface area contributed by atoms with Gasteiger partial charge in [0.25, 0.3) is 10.7 Å². The quantitative estimate of drug-likeness (QED) is 0.570. The van der Waals surface area contributed by atoms with E-state index in [0.29, 0.717) is 30.0 Å². The first-order valence-electron chi connectivity index (χ1n) is 10.1. The van der Waals surface area contributed by atoms with Crippen LogP contribution in [0, 0.1) is 18.7 Å². The van der Waals surface area contributed by atoms with Crippen LogP contribution in [-0.4, -0.2) is 54.5 Å². The number of benzene rings is 1. The van der Waals surface area contributed by atoms with Crippen LogP contribution in [-0.2, 0) is 11.5 Å². The normalized spacial score (nSPS) is 22.2. The van der Waals surface area contributed by atoms with Crippen LogP contribution in [0.2, 0.25) is 0 Å². The van der Waals surface area contributed by atoms with Gasteiger partial charge in [0, 0.05) is 11.6 Å². The van der Waals surface area contributed by atoms with Crippen LogP contribution in [0.4, 0.5) is 0 Å². The highest BCUT2D eigenvalue weighted by molar-refractivity contribution is 7.71. The Bertz CT molecular complexity index is 910. The van der Waals surface area contributed by atoms with Crippen LogP contribution in [0.25, 0.3) is 11.5 Å². The lowest BCUT2D eigenvalue weighted by Gasteiger charge is -2.28. The molecule has 0 unspecified atom stereocenters. The summed E-state index contributed by atoms with van der Waals surface area (Å²) in [6.07, 6.45) is 2.28. The minimum absolute atomic E-state index is 0.192. The highest BCUT2D eigenvalue weighted by Crippen LogP contribution is 2.20. The van der Waals surface area contributed by atoms with Crippen molar-refractivity contribution in [2.45, 2.75) is 39.4 Å². The summed E-state index contributed by atoms with van der Waals surface area (Å²) < 4.78 is 7.54. The molecule has 2 aliphatic rings. The van der Waals surface area contributed by atoms with E-state index < -0.39 is 0 Å². The van der Waals surface area contributed by atoms with Crippen molar-refractivity contribution < 1.29 is 19.0 Å². The maximum Gasteiger partial charge on any atom is 0.292 e. The van der Waals surface area contributed by atoms with E-state index in [-0.39, 0.29) is 5.91 Å². The predicted octanol–water partition coefficient (Wildman–Crippen LogP) is -0.491.